The molecule has 1 N–H and O–H groups in total. The van der Waals surface area contributed by atoms with Crippen LogP contribution in [0.25, 0.3) is 0 Å². The van der Waals surface area contributed by atoms with E-state index < -0.39 is 0 Å². The van der Waals surface area contributed by atoms with E-state index >= 15 is 0 Å². The van der Waals surface area contributed by atoms with Crippen molar-refractivity contribution in [3.8, 4) is 5.75 Å². The van der Waals surface area contributed by atoms with Crippen molar-refractivity contribution in [2.24, 2.45) is 7.05 Å². The first-order chi connectivity index (χ1) is 9.71. The first-order valence-corrected chi connectivity index (χ1v) is 6.99. The summed E-state index contributed by atoms with van der Waals surface area (Å²) in [6, 6.07) is 8.78. The predicted octanol–water partition coefficient (Wildman–Crippen LogP) is 2.19. The zero-order valence-electron chi connectivity index (χ0n) is 12.5. The molecule has 0 saturated carbocycles. The molecule has 0 amide bonds. The SMILES string of the molecule is CNC(CCc1ccc(OC)cc1)Cc1cnn(C)c1. The summed E-state index contributed by atoms with van der Waals surface area (Å²) in [5.74, 6) is 0.911. The Morgan fingerprint density at radius 1 is 1.25 bits per heavy atom. The number of hydrogen-bond acceptors (Lipinski definition) is 3. The number of nitrogens with one attached hydrogen (secondary N) is 1. The number of likely N-dealkylation sites (N-methyl/N-ethyl adjacent to an activating group) is 1. The summed E-state index contributed by atoms with van der Waals surface area (Å²) < 4.78 is 7.03. The highest BCUT2D eigenvalue weighted by Crippen LogP contribution is 2.14. The Bertz CT molecular complexity index is 519. The molecule has 2 rings (SSSR count). The topological polar surface area (TPSA) is 39.1 Å². The van der Waals surface area contributed by atoms with Crippen LogP contribution in [0, 0.1) is 0 Å². The van der Waals surface area contributed by atoms with Crippen LogP contribution in [0.15, 0.2) is 36.7 Å². The van der Waals surface area contributed by atoms with Crippen LogP contribution in [0.3, 0.4) is 0 Å². The molecule has 0 aliphatic rings. The minimum Gasteiger partial charge on any atom is -0.497 e. The van der Waals surface area contributed by atoms with E-state index in [2.05, 4.69) is 28.7 Å². The lowest BCUT2D eigenvalue weighted by Gasteiger charge is -2.15. The van der Waals surface area contributed by atoms with Crippen molar-refractivity contribution in [2.45, 2.75) is 25.3 Å². The van der Waals surface area contributed by atoms with Gasteiger partial charge in [0.05, 0.1) is 13.3 Å². The van der Waals surface area contributed by atoms with Gasteiger partial charge in [-0.3, -0.25) is 4.68 Å². The molecular weight excluding hydrogens is 250 g/mol. The molecule has 108 valence electrons. The van der Waals surface area contributed by atoms with E-state index in [-0.39, 0.29) is 0 Å². The third-order valence-corrected chi connectivity index (χ3v) is 3.59. The first-order valence-electron chi connectivity index (χ1n) is 6.99. The van der Waals surface area contributed by atoms with Crippen molar-refractivity contribution in [2.75, 3.05) is 14.2 Å². The van der Waals surface area contributed by atoms with Crippen molar-refractivity contribution in [3.05, 3.63) is 47.8 Å². The molecule has 1 heterocycles. The lowest BCUT2D eigenvalue weighted by molar-refractivity contribution is 0.414. The third kappa shape index (κ3) is 4.10. The molecule has 0 radical (unpaired) electrons. The molecule has 0 aliphatic heterocycles. The summed E-state index contributed by atoms with van der Waals surface area (Å²) in [5, 5.41) is 7.61. The van der Waals surface area contributed by atoms with Gasteiger partial charge in [0.25, 0.3) is 0 Å². The molecule has 20 heavy (non-hydrogen) atoms. The maximum absolute atomic E-state index is 5.18. The maximum Gasteiger partial charge on any atom is 0.118 e. The molecule has 0 saturated heterocycles. The Morgan fingerprint density at radius 3 is 2.55 bits per heavy atom. The highest BCUT2D eigenvalue weighted by molar-refractivity contribution is 5.27. The van der Waals surface area contributed by atoms with Gasteiger partial charge in [-0.15, -0.1) is 0 Å². The fourth-order valence-corrected chi connectivity index (χ4v) is 2.34. The van der Waals surface area contributed by atoms with E-state index in [9.17, 15) is 0 Å². The smallest absolute Gasteiger partial charge is 0.118 e. The van der Waals surface area contributed by atoms with Crippen molar-refractivity contribution in [3.63, 3.8) is 0 Å². The van der Waals surface area contributed by atoms with E-state index in [1.165, 1.54) is 11.1 Å². The molecule has 1 aromatic heterocycles. The Labute approximate surface area is 120 Å². The molecule has 1 unspecified atom stereocenters. The number of methoxy groups -OCH3 is 1. The van der Waals surface area contributed by atoms with Crippen LogP contribution in [-0.2, 0) is 19.9 Å². The van der Waals surface area contributed by atoms with Crippen LogP contribution in [-0.4, -0.2) is 30.0 Å². The van der Waals surface area contributed by atoms with Gasteiger partial charge in [-0.2, -0.15) is 5.10 Å². The van der Waals surface area contributed by atoms with E-state index in [0.29, 0.717) is 6.04 Å². The molecule has 0 fully saturated rings. The van der Waals surface area contributed by atoms with Crippen LogP contribution >= 0.6 is 0 Å². The summed E-state index contributed by atoms with van der Waals surface area (Å²) in [4.78, 5) is 0. The van der Waals surface area contributed by atoms with Crippen molar-refractivity contribution >= 4 is 0 Å². The van der Waals surface area contributed by atoms with Crippen molar-refractivity contribution in [1.29, 1.82) is 0 Å². The van der Waals surface area contributed by atoms with Gasteiger partial charge in [0, 0.05) is 19.3 Å². The monoisotopic (exact) mass is 273 g/mol. The van der Waals surface area contributed by atoms with Gasteiger partial charge in [-0.25, -0.2) is 0 Å². The Kier molecular flexibility index (Phi) is 5.18. The second-order valence-electron chi connectivity index (χ2n) is 5.10. The van der Waals surface area contributed by atoms with Gasteiger partial charge in [0.15, 0.2) is 0 Å². The second-order valence-corrected chi connectivity index (χ2v) is 5.10. The number of hydrogen-bond donors (Lipinski definition) is 1. The summed E-state index contributed by atoms with van der Waals surface area (Å²) in [5.41, 5.74) is 2.62. The number of rotatable bonds is 7. The number of aryl methyl sites for hydroxylation is 2. The normalized spacial score (nSPS) is 12.3. The maximum atomic E-state index is 5.18. The van der Waals surface area contributed by atoms with Crippen LogP contribution in [0.5, 0.6) is 5.75 Å². The standard InChI is InChI=1S/C16H23N3O/c1-17-15(10-14-11-18-19(2)12-14)7-4-13-5-8-16(20-3)9-6-13/h5-6,8-9,11-12,15,17H,4,7,10H2,1-3H3. The van der Waals surface area contributed by atoms with Gasteiger partial charge in [-0.05, 0) is 49.6 Å². The summed E-state index contributed by atoms with van der Waals surface area (Å²) in [7, 11) is 5.67. The molecule has 0 spiro atoms. The van der Waals surface area contributed by atoms with E-state index in [0.717, 1.165) is 25.0 Å². The number of aromatic nitrogens is 2. The lowest BCUT2D eigenvalue weighted by Crippen LogP contribution is -2.28. The quantitative estimate of drug-likeness (QED) is 0.840. The molecule has 0 aliphatic carbocycles. The Morgan fingerprint density at radius 2 is 2.00 bits per heavy atom. The van der Waals surface area contributed by atoms with Crippen LogP contribution in [0.2, 0.25) is 0 Å². The summed E-state index contributed by atoms with van der Waals surface area (Å²) in [6.07, 6.45) is 7.21. The largest absolute Gasteiger partial charge is 0.497 e. The number of ether oxygens (including phenoxy) is 1. The van der Waals surface area contributed by atoms with Gasteiger partial charge in [-0.1, -0.05) is 12.1 Å². The van der Waals surface area contributed by atoms with Gasteiger partial charge in [0.2, 0.25) is 0 Å². The third-order valence-electron chi connectivity index (χ3n) is 3.59. The zero-order valence-corrected chi connectivity index (χ0v) is 12.5. The van der Waals surface area contributed by atoms with Crippen LogP contribution < -0.4 is 10.1 Å². The number of benzene rings is 1. The predicted molar refractivity (Wildman–Crippen MR) is 81.1 cm³/mol. The molecule has 4 nitrogen and oxygen atoms in total. The fraction of sp³-hybridized carbons (Fsp3) is 0.438. The van der Waals surface area contributed by atoms with Crippen molar-refractivity contribution < 1.29 is 4.74 Å². The average Bonchev–Trinajstić information content (AvgIpc) is 2.89. The highest BCUT2D eigenvalue weighted by atomic mass is 16.5. The van der Waals surface area contributed by atoms with E-state index in [1.807, 2.05) is 37.1 Å². The van der Waals surface area contributed by atoms with Gasteiger partial charge < -0.3 is 10.1 Å². The van der Waals surface area contributed by atoms with Crippen LogP contribution in [0.1, 0.15) is 17.5 Å². The molecule has 0 bridgehead atoms. The minimum absolute atomic E-state index is 0.473. The Hall–Kier alpha value is -1.81. The van der Waals surface area contributed by atoms with E-state index in [1.54, 1.807) is 7.11 Å². The lowest BCUT2D eigenvalue weighted by atomic mass is 10.0. The Balaban J connectivity index is 1.86. The molecule has 1 aromatic carbocycles. The van der Waals surface area contributed by atoms with Crippen molar-refractivity contribution in [1.82, 2.24) is 15.1 Å². The minimum atomic E-state index is 0.473. The van der Waals surface area contributed by atoms with E-state index in [4.69, 9.17) is 4.74 Å². The second kappa shape index (κ2) is 7.10. The van der Waals surface area contributed by atoms with Gasteiger partial charge >= 0.3 is 0 Å². The average molecular weight is 273 g/mol. The summed E-state index contributed by atoms with van der Waals surface area (Å²) in [6.45, 7) is 0. The molecular formula is C16H23N3O. The number of nitrogens with zero attached hydrogens (tertiary/aromatic N) is 2. The van der Waals surface area contributed by atoms with Crippen LogP contribution in [0.4, 0.5) is 0 Å². The summed E-state index contributed by atoms with van der Waals surface area (Å²) >= 11 is 0. The molecule has 1 atom stereocenters. The zero-order chi connectivity index (χ0) is 14.4. The van der Waals surface area contributed by atoms with Gasteiger partial charge in [0.1, 0.15) is 5.75 Å². The molecule has 2 aromatic rings. The first kappa shape index (κ1) is 14.6. The highest BCUT2D eigenvalue weighted by Gasteiger charge is 2.09. The molecule has 4 heteroatoms. The fourth-order valence-electron chi connectivity index (χ4n) is 2.34.